The van der Waals surface area contributed by atoms with Crippen LogP contribution < -0.4 is 5.32 Å². The van der Waals surface area contributed by atoms with Crippen molar-refractivity contribution in [2.24, 2.45) is 0 Å². The molecule has 98 valence electrons. The van der Waals surface area contributed by atoms with E-state index in [1.54, 1.807) is 0 Å². The predicted molar refractivity (Wildman–Crippen MR) is 77.0 cm³/mol. The van der Waals surface area contributed by atoms with Crippen molar-refractivity contribution in [1.82, 2.24) is 9.97 Å². The number of hydrogen-bond acceptors (Lipinski definition) is 3. The van der Waals surface area contributed by atoms with Crippen LogP contribution in [0.3, 0.4) is 0 Å². The van der Waals surface area contributed by atoms with Crippen LogP contribution in [-0.2, 0) is 0 Å². The third-order valence-electron chi connectivity index (χ3n) is 2.82. The number of hydrogen-bond donors (Lipinski definition) is 1. The monoisotopic (exact) mass is 265 g/mol. The number of rotatable bonds is 5. The fraction of sp³-hybridized carbons (Fsp3) is 0.571. The second-order valence-corrected chi connectivity index (χ2v) is 5.02. The zero-order valence-corrected chi connectivity index (χ0v) is 12.2. The highest BCUT2D eigenvalue weighted by Crippen LogP contribution is 2.24. The van der Waals surface area contributed by atoms with Crippen LogP contribution in [0.4, 0.5) is 5.82 Å². The van der Waals surface area contributed by atoms with Crippen LogP contribution in [0.5, 0.6) is 0 Å². The Balaban J connectivity index is 3.04. The zero-order chi connectivity index (χ0) is 13.7. The first kappa shape index (κ1) is 14.8. The highest BCUT2D eigenvalue weighted by molar-refractivity contribution is 6.30. The van der Waals surface area contributed by atoms with Gasteiger partial charge in [-0.2, -0.15) is 0 Å². The lowest BCUT2D eigenvalue weighted by Gasteiger charge is -2.18. The van der Waals surface area contributed by atoms with Gasteiger partial charge in [-0.25, -0.2) is 9.97 Å². The van der Waals surface area contributed by atoms with Crippen molar-refractivity contribution in [2.45, 2.75) is 52.5 Å². The quantitative estimate of drug-likeness (QED) is 0.650. The van der Waals surface area contributed by atoms with Gasteiger partial charge in [-0.3, -0.25) is 0 Å². The third-order valence-corrected chi connectivity index (χ3v) is 3.19. The van der Waals surface area contributed by atoms with E-state index < -0.39 is 0 Å². The van der Waals surface area contributed by atoms with Gasteiger partial charge in [-0.15, -0.1) is 12.3 Å². The van der Waals surface area contributed by atoms with E-state index in [0.29, 0.717) is 11.6 Å². The van der Waals surface area contributed by atoms with E-state index in [1.807, 2.05) is 20.8 Å². The van der Waals surface area contributed by atoms with Gasteiger partial charge < -0.3 is 5.32 Å². The Bertz CT molecular complexity index is 449. The largest absolute Gasteiger partial charge is 0.366 e. The molecule has 1 rings (SSSR count). The van der Waals surface area contributed by atoms with Crippen molar-refractivity contribution in [2.75, 3.05) is 5.32 Å². The molecule has 1 atom stereocenters. The second kappa shape index (κ2) is 6.61. The molecule has 0 amide bonds. The fourth-order valence-corrected chi connectivity index (χ4v) is 1.71. The summed E-state index contributed by atoms with van der Waals surface area (Å²) in [7, 11) is 0. The molecule has 0 aliphatic rings. The summed E-state index contributed by atoms with van der Waals surface area (Å²) >= 11 is 6.14. The SMILES string of the molecule is C#CCC(CC)Nc1nc(C(C)C)nc(Cl)c1C. The molecule has 0 bridgehead atoms. The average molecular weight is 266 g/mol. The minimum absolute atomic E-state index is 0.222. The molecule has 1 aromatic heterocycles. The van der Waals surface area contributed by atoms with Gasteiger partial charge in [0.25, 0.3) is 0 Å². The minimum Gasteiger partial charge on any atom is -0.366 e. The Labute approximate surface area is 114 Å². The summed E-state index contributed by atoms with van der Waals surface area (Å²) in [5.74, 6) is 4.46. The van der Waals surface area contributed by atoms with E-state index in [1.165, 1.54) is 0 Å². The van der Waals surface area contributed by atoms with Crippen LogP contribution in [0, 0.1) is 19.3 Å². The molecule has 1 aromatic rings. The van der Waals surface area contributed by atoms with Gasteiger partial charge in [0.1, 0.15) is 16.8 Å². The molecule has 0 aromatic carbocycles. The van der Waals surface area contributed by atoms with Crippen LogP contribution in [0.15, 0.2) is 0 Å². The molecule has 1 unspecified atom stereocenters. The van der Waals surface area contributed by atoms with Crippen molar-refractivity contribution in [3.8, 4) is 12.3 Å². The molecule has 0 saturated carbocycles. The Morgan fingerprint density at radius 1 is 1.39 bits per heavy atom. The Morgan fingerprint density at radius 3 is 2.56 bits per heavy atom. The van der Waals surface area contributed by atoms with Crippen LogP contribution in [0.25, 0.3) is 0 Å². The molecule has 1 heterocycles. The van der Waals surface area contributed by atoms with Crippen LogP contribution in [0.1, 0.15) is 50.9 Å². The highest BCUT2D eigenvalue weighted by Gasteiger charge is 2.14. The summed E-state index contributed by atoms with van der Waals surface area (Å²) in [6, 6.07) is 0.222. The number of terminal acetylenes is 1. The molecule has 0 radical (unpaired) electrons. The van der Waals surface area contributed by atoms with Gasteiger partial charge in [0.15, 0.2) is 0 Å². The molecule has 0 aliphatic carbocycles. The molecule has 4 heteroatoms. The van der Waals surface area contributed by atoms with Gasteiger partial charge in [0.05, 0.1) is 0 Å². The molecule has 0 spiro atoms. The first-order valence-corrected chi connectivity index (χ1v) is 6.61. The van der Waals surface area contributed by atoms with Crippen molar-refractivity contribution in [3.05, 3.63) is 16.5 Å². The summed E-state index contributed by atoms with van der Waals surface area (Å²) < 4.78 is 0. The first-order valence-electron chi connectivity index (χ1n) is 6.23. The molecule has 1 N–H and O–H groups in total. The Morgan fingerprint density at radius 2 is 2.06 bits per heavy atom. The van der Waals surface area contributed by atoms with Gasteiger partial charge in [0, 0.05) is 23.9 Å². The number of nitrogens with zero attached hydrogens (tertiary/aromatic N) is 2. The minimum atomic E-state index is 0.222. The van der Waals surface area contributed by atoms with Crippen LogP contribution in [0.2, 0.25) is 5.15 Å². The summed E-state index contributed by atoms with van der Waals surface area (Å²) in [5.41, 5.74) is 0.872. The average Bonchev–Trinajstić information content (AvgIpc) is 2.33. The molecule has 0 saturated heterocycles. The standard InChI is InChI=1S/C14H20ClN3/c1-6-8-11(7-2)16-14-10(5)12(15)17-13(18-14)9(3)4/h1,9,11H,7-8H2,2-5H3,(H,16,17,18). The Hall–Kier alpha value is -1.27. The lowest BCUT2D eigenvalue weighted by atomic mass is 10.1. The van der Waals surface area contributed by atoms with E-state index in [-0.39, 0.29) is 12.0 Å². The van der Waals surface area contributed by atoms with Crippen LogP contribution in [-0.4, -0.2) is 16.0 Å². The summed E-state index contributed by atoms with van der Waals surface area (Å²) in [6.45, 7) is 8.10. The van der Waals surface area contributed by atoms with E-state index in [0.717, 1.165) is 23.6 Å². The van der Waals surface area contributed by atoms with Gasteiger partial charge in [-0.05, 0) is 13.3 Å². The molecular formula is C14H20ClN3. The molecule has 18 heavy (non-hydrogen) atoms. The van der Waals surface area contributed by atoms with Crippen molar-refractivity contribution >= 4 is 17.4 Å². The van der Waals surface area contributed by atoms with Gasteiger partial charge in [-0.1, -0.05) is 32.4 Å². The summed E-state index contributed by atoms with van der Waals surface area (Å²) in [6.07, 6.45) is 6.98. The van der Waals surface area contributed by atoms with Crippen molar-refractivity contribution in [1.29, 1.82) is 0 Å². The lowest BCUT2D eigenvalue weighted by Crippen LogP contribution is -2.20. The highest BCUT2D eigenvalue weighted by atomic mass is 35.5. The van der Waals surface area contributed by atoms with E-state index in [4.69, 9.17) is 18.0 Å². The molecule has 0 fully saturated rings. The lowest BCUT2D eigenvalue weighted by molar-refractivity contribution is 0.702. The number of anilines is 1. The molecule has 0 aliphatic heterocycles. The van der Waals surface area contributed by atoms with Gasteiger partial charge in [0.2, 0.25) is 0 Å². The normalized spacial score (nSPS) is 12.3. The number of halogens is 1. The maximum absolute atomic E-state index is 6.14. The maximum atomic E-state index is 6.14. The third kappa shape index (κ3) is 3.61. The first-order chi connectivity index (χ1) is 8.49. The topological polar surface area (TPSA) is 37.8 Å². The predicted octanol–water partition coefficient (Wildman–Crippen LogP) is 3.78. The van der Waals surface area contributed by atoms with Crippen molar-refractivity contribution < 1.29 is 0 Å². The van der Waals surface area contributed by atoms with E-state index >= 15 is 0 Å². The Kier molecular flexibility index (Phi) is 5.43. The van der Waals surface area contributed by atoms with E-state index in [2.05, 4.69) is 28.1 Å². The fourth-order valence-electron chi connectivity index (χ4n) is 1.54. The van der Waals surface area contributed by atoms with Crippen molar-refractivity contribution in [3.63, 3.8) is 0 Å². The maximum Gasteiger partial charge on any atom is 0.137 e. The van der Waals surface area contributed by atoms with E-state index in [9.17, 15) is 0 Å². The second-order valence-electron chi connectivity index (χ2n) is 4.66. The summed E-state index contributed by atoms with van der Waals surface area (Å²) in [4.78, 5) is 8.81. The molecular weight excluding hydrogens is 246 g/mol. The zero-order valence-electron chi connectivity index (χ0n) is 11.4. The number of aromatic nitrogens is 2. The van der Waals surface area contributed by atoms with Crippen LogP contribution >= 0.6 is 11.6 Å². The molecule has 3 nitrogen and oxygen atoms in total. The number of nitrogens with one attached hydrogen (secondary N) is 1. The smallest absolute Gasteiger partial charge is 0.137 e. The summed E-state index contributed by atoms with van der Waals surface area (Å²) in [5, 5.41) is 3.86. The van der Waals surface area contributed by atoms with Gasteiger partial charge >= 0.3 is 0 Å².